The van der Waals surface area contributed by atoms with Crippen LogP contribution in [0, 0.1) is 0 Å². The molecule has 98 valence electrons. The molecule has 1 saturated heterocycles. The lowest BCUT2D eigenvalue weighted by Crippen LogP contribution is -2.38. The van der Waals surface area contributed by atoms with Gasteiger partial charge in [-0.3, -0.25) is 14.9 Å². The molecule has 2 aromatic rings. The first-order chi connectivity index (χ1) is 9.34. The van der Waals surface area contributed by atoms with Gasteiger partial charge in [0.2, 0.25) is 0 Å². The second-order valence-electron chi connectivity index (χ2n) is 4.67. The van der Waals surface area contributed by atoms with Crippen LogP contribution in [0.15, 0.2) is 30.9 Å². The van der Waals surface area contributed by atoms with Crippen LogP contribution in [0.1, 0.15) is 34.9 Å². The fourth-order valence-corrected chi connectivity index (χ4v) is 2.46. The van der Waals surface area contributed by atoms with Crippen LogP contribution in [-0.2, 0) is 0 Å². The number of hydrogen-bond donors (Lipinski definition) is 1. The van der Waals surface area contributed by atoms with Crippen molar-refractivity contribution in [3.63, 3.8) is 0 Å². The van der Waals surface area contributed by atoms with E-state index in [0.29, 0.717) is 11.6 Å². The highest BCUT2D eigenvalue weighted by molar-refractivity contribution is 5.92. The summed E-state index contributed by atoms with van der Waals surface area (Å²) in [5.41, 5.74) is 1.58. The van der Waals surface area contributed by atoms with Crippen molar-refractivity contribution in [3.05, 3.63) is 42.2 Å². The molecule has 1 aliphatic heterocycles. The van der Waals surface area contributed by atoms with Crippen LogP contribution in [-0.4, -0.2) is 44.1 Å². The summed E-state index contributed by atoms with van der Waals surface area (Å²) >= 11 is 0. The molecule has 0 saturated carbocycles. The van der Waals surface area contributed by atoms with Gasteiger partial charge in [-0.05, 0) is 18.9 Å². The number of likely N-dealkylation sites (tertiary alicyclic amines) is 1. The fraction of sp³-hybridized carbons (Fsp3) is 0.385. The molecule has 3 rings (SSSR count). The standard InChI is InChI=1S/C13H15N5O/c19-13(12-9-14-5-6-15-12)18-7-2-10(3-8-18)11-1-4-16-17-11/h1,4-6,9-10H,2-3,7-8H2,(H,16,17). The highest BCUT2D eigenvalue weighted by Crippen LogP contribution is 2.26. The third-order valence-electron chi connectivity index (χ3n) is 3.53. The number of rotatable bonds is 2. The smallest absolute Gasteiger partial charge is 0.274 e. The van der Waals surface area contributed by atoms with Gasteiger partial charge in [0.05, 0.1) is 6.20 Å². The molecule has 1 N–H and O–H groups in total. The number of carbonyl (C=O) groups excluding carboxylic acids is 1. The van der Waals surface area contributed by atoms with Crippen molar-refractivity contribution in [2.45, 2.75) is 18.8 Å². The minimum atomic E-state index is -0.0313. The molecule has 0 aromatic carbocycles. The van der Waals surface area contributed by atoms with E-state index in [1.807, 2.05) is 11.0 Å². The van der Waals surface area contributed by atoms with Crippen molar-refractivity contribution in [2.24, 2.45) is 0 Å². The number of nitrogens with one attached hydrogen (secondary N) is 1. The molecule has 0 unspecified atom stereocenters. The molecular weight excluding hydrogens is 242 g/mol. The molecule has 0 spiro atoms. The average molecular weight is 257 g/mol. The molecule has 0 atom stereocenters. The summed E-state index contributed by atoms with van der Waals surface area (Å²) in [5, 5.41) is 6.98. The summed E-state index contributed by atoms with van der Waals surface area (Å²) in [6.45, 7) is 1.50. The zero-order valence-corrected chi connectivity index (χ0v) is 10.5. The molecule has 0 bridgehead atoms. The van der Waals surface area contributed by atoms with Crippen LogP contribution in [0.2, 0.25) is 0 Å². The van der Waals surface area contributed by atoms with E-state index < -0.39 is 0 Å². The van der Waals surface area contributed by atoms with E-state index >= 15 is 0 Å². The van der Waals surface area contributed by atoms with Crippen LogP contribution in [0.25, 0.3) is 0 Å². The van der Waals surface area contributed by atoms with E-state index in [2.05, 4.69) is 20.2 Å². The van der Waals surface area contributed by atoms with Crippen LogP contribution < -0.4 is 0 Å². The van der Waals surface area contributed by atoms with Crippen molar-refractivity contribution in [1.82, 2.24) is 25.1 Å². The summed E-state index contributed by atoms with van der Waals surface area (Å²) < 4.78 is 0. The lowest BCUT2D eigenvalue weighted by atomic mass is 9.93. The van der Waals surface area contributed by atoms with E-state index in [1.165, 1.54) is 6.20 Å². The van der Waals surface area contributed by atoms with E-state index in [9.17, 15) is 4.79 Å². The lowest BCUT2D eigenvalue weighted by molar-refractivity contribution is 0.0705. The Labute approximate surface area is 110 Å². The van der Waals surface area contributed by atoms with Gasteiger partial charge in [-0.2, -0.15) is 5.10 Å². The van der Waals surface area contributed by atoms with E-state index in [1.54, 1.807) is 18.6 Å². The average Bonchev–Trinajstić information content (AvgIpc) is 3.02. The topological polar surface area (TPSA) is 74.8 Å². The van der Waals surface area contributed by atoms with E-state index in [4.69, 9.17) is 0 Å². The van der Waals surface area contributed by atoms with Gasteiger partial charge in [0.25, 0.3) is 5.91 Å². The zero-order chi connectivity index (χ0) is 13.1. The molecule has 0 aliphatic carbocycles. The van der Waals surface area contributed by atoms with Crippen LogP contribution in [0.5, 0.6) is 0 Å². The molecule has 1 aliphatic rings. The van der Waals surface area contributed by atoms with Crippen LogP contribution >= 0.6 is 0 Å². The first-order valence-corrected chi connectivity index (χ1v) is 6.39. The summed E-state index contributed by atoms with van der Waals surface area (Å²) in [6.07, 6.45) is 8.31. The highest BCUT2D eigenvalue weighted by Gasteiger charge is 2.25. The quantitative estimate of drug-likeness (QED) is 0.877. The number of piperidine rings is 1. The number of aromatic amines is 1. The molecule has 2 aromatic heterocycles. The molecule has 19 heavy (non-hydrogen) atoms. The Bertz CT molecular complexity index is 531. The predicted octanol–water partition coefficient (Wildman–Crippen LogP) is 1.22. The van der Waals surface area contributed by atoms with Gasteiger partial charge in [-0.1, -0.05) is 0 Å². The van der Waals surface area contributed by atoms with Crippen molar-refractivity contribution >= 4 is 5.91 Å². The monoisotopic (exact) mass is 257 g/mol. The minimum absolute atomic E-state index is 0.0313. The van der Waals surface area contributed by atoms with Crippen molar-refractivity contribution < 1.29 is 4.79 Å². The summed E-state index contributed by atoms with van der Waals surface area (Å²) in [4.78, 5) is 22.0. The maximum atomic E-state index is 12.2. The Kier molecular flexibility index (Phi) is 3.22. The number of carbonyl (C=O) groups is 1. The molecule has 1 amide bonds. The molecular formula is C13H15N5O. The summed E-state index contributed by atoms with van der Waals surface area (Å²) in [7, 11) is 0. The van der Waals surface area contributed by atoms with Crippen molar-refractivity contribution in [2.75, 3.05) is 13.1 Å². The number of hydrogen-bond acceptors (Lipinski definition) is 4. The SMILES string of the molecule is O=C(c1cnccn1)N1CCC(c2ccn[nH]2)CC1. The second kappa shape index (κ2) is 5.17. The number of amides is 1. The van der Waals surface area contributed by atoms with Crippen LogP contribution in [0.4, 0.5) is 0 Å². The normalized spacial score (nSPS) is 16.5. The maximum Gasteiger partial charge on any atom is 0.274 e. The van der Waals surface area contributed by atoms with Gasteiger partial charge in [0.15, 0.2) is 0 Å². The number of aromatic nitrogens is 4. The van der Waals surface area contributed by atoms with Gasteiger partial charge in [-0.15, -0.1) is 0 Å². The highest BCUT2D eigenvalue weighted by atomic mass is 16.2. The summed E-state index contributed by atoms with van der Waals surface area (Å²) in [6, 6.07) is 2.00. The zero-order valence-electron chi connectivity index (χ0n) is 10.5. The maximum absolute atomic E-state index is 12.2. The van der Waals surface area contributed by atoms with Crippen molar-refractivity contribution in [3.8, 4) is 0 Å². The van der Waals surface area contributed by atoms with Gasteiger partial charge in [-0.25, -0.2) is 4.98 Å². The Morgan fingerprint density at radius 2 is 2.11 bits per heavy atom. The van der Waals surface area contributed by atoms with E-state index in [0.717, 1.165) is 31.6 Å². The minimum Gasteiger partial charge on any atom is -0.337 e. The molecule has 6 heteroatoms. The number of nitrogens with zero attached hydrogens (tertiary/aromatic N) is 4. The Balaban J connectivity index is 1.63. The first kappa shape index (κ1) is 11.8. The van der Waals surface area contributed by atoms with Gasteiger partial charge < -0.3 is 4.90 Å². The Hall–Kier alpha value is -2.24. The Morgan fingerprint density at radius 3 is 2.74 bits per heavy atom. The first-order valence-electron chi connectivity index (χ1n) is 6.39. The van der Waals surface area contributed by atoms with Crippen molar-refractivity contribution in [1.29, 1.82) is 0 Å². The fourth-order valence-electron chi connectivity index (χ4n) is 2.46. The van der Waals surface area contributed by atoms with Crippen LogP contribution in [0.3, 0.4) is 0 Å². The molecule has 0 radical (unpaired) electrons. The lowest BCUT2D eigenvalue weighted by Gasteiger charge is -2.31. The van der Waals surface area contributed by atoms with E-state index in [-0.39, 0.29) is 5.91 Å². The molecule has 1 fully saturated rings. The van der Waals surface area contributed by atoms with Gasteiger partial charge >= 0.3 is 0 Å². The third-order valence-corrected chi connectivity index (χ3v) is 3.53. The predicted molar refractivity (Wildman–Crippen MR) is 68.5 cm³/mol. The van der Waals surface area contributed by atoms with Gasteiger partial charge in [0, 0.05) is 43.3 Å². The molecule has 6 nitrogen and oxygen atoms in total. The molecule has 3 heterocycles. The van der Waals surface area contributed by atoms with Gasteiger partial charge in [0.1, 0.15) is 5.69 Å². The Morgan fingerprint density at radius 1 is 1.26 bits per heavy atom. The number of H-pyrrole nitrogens is 1. The largest absolute Gasteiger partial charge is 0.337 e. The summed E-state index contributed by atoms with van der Waals surface area (Å²) in [5.74, 6) is 0.435. The third kappa shape index (κ3) is 2.47. The second-order valence-corrected chi connectivity index (χ2v) is 4.67.